The van der Waals surface area contributed by atoms with Crippen LogP contribution < -0.4 is 5.32 Å². The van der Waals surface area contributed by atoms with Gasteiger partial charge < -0.3 is 19.9 Å². The number of rotatable bonds is 13. The van der Waals surface area contributed by atoms with E-state index in [1.165, 1.54) is 20.8 Å². The fraction of sp³-hybridized carbons (Fsp3) is 0.824. The van der Waals surface area contributed by atoms with Crippen LogP contribution >= 0.6 is 0 Å². The van der Waals surface area contributed by atoms with Gasteiger partial charge in [0, 0.05) is 18.9 Å². The van der Waals surface area contributed by atoms with Gasteiger partial charge in [0.25, 0.3) is 10.1 Å². The van der Waals surface area contributed by atoms with Crippen molar-refractivity contribution < 1.29 is 41.6 Å². The summed E-state index contributed by atoms with van der Waals surface area (Å²) >= 11 is 0. The van der Waals surface area contributed by atoms with Crippen LogP contribution in [-0.4, -0.2) is 69.6 Å². The number of amides is 1. The fourth-order valence-corrected chi connectivity index (χ4v) is 2.84. The summed E-state index contributed by atoms with van der Waals surface area (Å²) in [7, 11) is -3.88. The maximum Gasteiger partial charge on any atom is 0.335 e. The Labute approximate surface area is 166 Å². The zero-order chi connectivity index (χ0) is 22.0. The fourth-order valence-electron chi connectivity index (χ4n) is 1.74. The van der Waals surface area contributed by atoms with Crippen molar-refractivity contribution in [1.29, 1.82) is 0 Å². The van der Waals surface area contributed by atoms with Crippen LogP contribution in [0.3, 0.4) is 0 Å². The summed E-state index contributed by atoms with van der Waals surface area (Å²) in [5.74, 6) is -2.30. The number of aliphatic hydroxyl groups is 1. The number of aliphatic hydroxyl groups excluding tert-OH is 1. The zero-order valence-corrected chi connectivity index (χ0v) is 17.8. The minimum Gasteiger partial charge on any atom is -0.462 e. The molecular weight excluding hydrogens is 394 g/mol. The van der Waals surface area contributed by atoms with Crippen LogP contribution in [0.1, 0.15) is 41.0 Å². The van der Waals surface area contributed by atoms with Gasteiger partial charge in [-0.3, -0.25) is 13.8 Å². The quantitative estimate of drug-likeness (QED) is 0.236. The van der Waals surface area contributed by atoms with Crippen LogP contribution in [0.5, 0.6) is 0 Å². The molecule has 28 heavy (non-hydrogen) atoms. The highest BCUT2D eigenvalue weighted by molar-refractivity contribution is 7.86. The predicted octanol–water partition coefficient (Wildman–Crippen LogP) is -0.0115. The average molecular weight is 426 g/mol. The molecule has 1 atom stereocenters. The van der Waals surface area contributed by atoms with Gasteiger partial charge in [-0.25, -0.2) is 4.79 Å². The Morgan fingerprint density at radius 1 is 1.07 bits per heavy atom. The summed E-state index contributed by atoms with van der Waals surface area (Å²) in [6.07, 6.45) is -1.47. The molecule has 0 saturated carbocycles. The van der Waals surface area contributed by atoms with E-state index >= 15 is 0 Å². The maximum atomic E-state index is 11.9. The molecule has 0 aliphatic rings. The number of ether oxygens (including phenoxy) is 2. The first-order valence-corrected chi connectivity index (χ1v) is 10.5. The molecule has 0 rings (SSSR count). The Bertz CT molecular complexity index is 629. The summed E-state index contributed by atoms with van der Waals surface area (Å²) in [4.78, 5) is 33.9. The molecule has 0 saturated heterocycles. The van der Waals surface area contributed by atoms with Gasteiger partial charge in [-0.15, -0.1) is 0 Å². The second-order valence-corrected chi connectivity index (χ2v) is 9.00. The van der Waals surface area contributed by atoms with Gasteiger partial charge >= 0.3 is 11.9 Å². The number of carbonyl (C=O) groups excluding carboxylic acids is 3. The van der Waals surface area contributed by atoms with Crippen molar-refractivity contribution in [2.45, 2.75) is 47.1 Å². The first-order valence-electron chi connectivity index (χ1n) is 8.91. The number of carbonyl (C=O) groups is 3. The monoisotopic (exact) mass is 425 g/mol. The van der Waals surface area contributed by atoms with E-state index in [0.717, 1.165) is 0 Å². The van der Waals surface area contributed by atoms with Crippen molar-refractivity contribution in [3.05, 3.63) is 0 Å². The van der Waals surface area contributed by atoms with Gasteiger partial charge in [0.1, 0.15) is 13.2 Å². The molecule has 0 aliphatic carbocycles. The Balaban J connectivity index is 4.37. The summed E-state index contributed by atoms with van der Waals surface area (Å²) in [5.41, 5.74) is -1.24. The van der Waals surface area contributed by atoms with Crippen LogP contribution in [0.25, 0.3) is 0 Å². The normalized spacial score (nSPS) is 13.1. The average Bonchev–Trinajstić information content (AvgIpc) is 2.59. The van der Waals surface area contributed by atoms with Crippen molar-refractivity contribution >= 4 is 28.0 Å². The first-order chi connectivity index (χ1) is 12.8. The molecule has 1 amide bonds. The molecule has 11 heteroatoms. The molecule has 0 aromatic rings. The molecule has 0 aromatic heterocycles. The predicted molar refractivity (Wildman–Crippen MR) is 99.6 cm³/mol. The van der Waals surface area contributed by atoms with Crippen LogP contribution in [0, 0.1) is 11.3 Å². The Morgan fingerprint density at radius 3 is 2.11 bits per heavy atom. The van der Waals surface area contributed by atoms with E-state index in [9.17, 15) is 27.9 Å². The molecule has 0 heterocycles. The molecule has 2 N–H and O–H groups in total. The standard InChI is InChI=1S/C17H31NO9S/c1-12(2)15(21)25-8-9-26-16(22)14(20)17(4,5)11-27-28(23,24)10-6-7-18-13(3)19/h12,14,20H,6-11H2,1-5H3,(H,18,19). The molecule has 164 valence electrons. The number of hydrogen-bond donors (Lipinski definition) is 2. The summed E-state index contributed by atoms with van der Waals surface area (Å²) < 4.78 is 38.3. The smallest absolute Gasteiger partial charge is 0.335 e. The zero-order valence-electron chi connectivity index (χ0n) is 17.0. The second kappa shape index (κ2) is 12.0. The molecule has 0 aromatic carbocycles. The third-order valence-corrected chi connectivity index (χ3v) is 4.83. The van der Waals surface area contributed by atoms with Crippen LogP contribution in [0.2, 0.25) is 0 Å². The highest BCUT2D eigenvalue weighted by Gasteiger charge is 2.36. The molecule has 0 radical (unpaired) electrons. The molecule has 0 bridgehead atoms. The summed E-state index contributed by atoms with van der Waals surface area (Å²) in [6, 6.07) is 0. The minimum absolute atomic E-state index is 0.144. The van der Waals surface area contributed by atoms with Crippen molar-refractivity contribution in [3.63, 3.8) is 0 Å². The molecule has 0 aliphatic heterocycles. The van der Waals surface area contributed by atoms with Crippen molar-refractivity contribution in [3.8, 4) is 0 Å². The molecule has 1 unspecified atom stereocenters. The lowest BCUT2D eigenvalue weighted by molar-refractivity contribution is -0.165. The van der Waals surface area contributed by atoms with E-state index in [4.69, 9.17) is 13.7 Å². The third kappa shape index (κ3) is 11.2. The molecule has 0 spiro atoms. The molecular formula is C17H31NO9S. The number of nitrogens with one attached hydrogen (secondary N) is 1. The number of hydrogen-bond acceptors (Lipinski definition) is 9. The lowest BCUT2D eigenvalue weighted by Gasteiger charge is -2.28. The van der Waals surface area contributed by atoms with E-state index < -0.39 is 40.2 Å². The van der Waals surface area contributed by atoms with Gasteiger partial charge in [0.2, 0.25) is 5.91 Å². The van der Waals surface area contributed by atoms with E-state index in [2.05, 4.69) is 5.32 Å². The van der Waals surface area contributed by atoms with Gasteiger partial charge in [-0.1, -0.05) is 27.7 Å². The number of esters is 2. The molecule has 0 fully saturated rings. The van der Waals surface area contributed by atoms with Crippen LogP contribution in [-0.2, 0) is 38.2 Å². The van der Waals surface area contributed by atoms with Crippen LogP contribution in [0.4, 0.5) is 0 Å². The van der Waals surface area contributed by atoms with Gasteiger partial charge in [0.05, 0.1) is 18.3 Å². The van der Waals surface area contributed by atoms with Crippen molar-refractivity contribution in [2.24, 2.45) is 11.3 Å². The maximum absolute atomic E-state index is 11.9. The van der Waals surface area contributed by atoms with E-state index in [1.54, 1.807) is 13.8 Å². The highest BCUT2D eigenvalue weighted by atomic mass is 32.2. The van der Waals surface area contributed by atoms with Crippen molar-refractivity contribution in [1.82, 2.24) is 5.32 Å². The molecule has 10 nitrogen and oxygen atoms in total. The Kier molecular flexibility index (Phi) is 11.2. The lowest BCUT2D eigenvalue weighted by atomic mass is 9.88. The van der Waals surface area contributed by atoms with E-state index in [-0.39, 0.29) is 43.8 Å². The topological polar surface area (TPSA) is 145 Å². The lowest BCUT2D eigenvalue weighted by Crippen LogP contribution is -2.42. The Hall–Kier alpha value is -1.72. The van der Waals surface area contributed by atoms with E-state index in [0.29, 0.717) is 0 Å². The third-order valence-electron chi connectivity index (χ3n) is 3.56. The van der Waals surface area contributed by atoms with E-state index in [1.807, 2.05) is 0 Å². The van der Waals surface area contributed by atoms with Gasteiger partial charge in [-0.05, 0) is 6.42 Å². The highest BCUT2D eigenvalue weighted by Crippen LogP contribution is 2.23. The Morgan fingerprint density at radius 2 is 1.61 bits per heavy atom. The minimum atomic E-state index is -3.88. The summed E-state index contributed by atoms with van der Waals surface area (Å²) in [6.45, 7) is 6.92. The van der Waals surface area contributed by atoms with Crippen molar-refractivity contribution in [2.75, 3.05) is 32.1 Å². The van der Waals surface area contributed by atoms with Gasteiger partial charge in [-0.2, -0.15) is 8.42 Å². The van der Waals surface area contributed by atoms with Crippen LogP contribution in [0.15, 0.2) is 0 Å². The first kappa shape index (κ1) is 26.3. The van der Waals surface area contributed by atoms with Gasteiger partial charge in [0.15, 0.2) is 6.10 Å². The summed E-state index contributed by atoms with van der Waals surface area (Å²) in [5, 5.41) is 12.6. The SMILES string of the molecule is CC(=O)NCCCS(=O)(=O)OCC(C)(C)C(O)C(=O)OCCOC(=O)C(C)C. The largest absolute Gasteiger partial charge is 0.462 e. The second-order valence-electron chi connectivity index (χ2n) is 7.24.